The van der Waals surface area contributed by atoms with Crippen molar-refractivity contribution in [3.63, 3.8) is 0 Å². The Morgan fingerprint density at radius 3 is 2.29 bits per heavy atom. The Morgan fingerprint density at radius 1 is 1.09 bits per heavy atom. The first-order valence-corrected chi connectivity index (χ1v) is 17.7. The number of hydrogen-bond donors (Lipinski definition) is 4. The normalized spacial score (nSPS) is 20.8. The first kappa shape index (κ1) is 38.5. The first-order chi connectivity index (χ1) is 21.0. The smallest absolute Gasteiger partial charge is 0.315 e. The van der Waals surface area contributed by atoms with E-state index in [1.165, 1.54) is 11.0 Å². The second-order valence-corrected chi connectivity index (χ2v) is 15.3. The summed E-state index contributed by atoms with van der Waals surface area (Å²) in [4.78, 5) is 68.2. The first-order valence-electron chi connectivity index (χ1n) is 16.2. The number of carbonyl (C=O) groups is 5. The Bertz CT molecular complexity index is 1060. The van der Waals surface area contributed by atoms with Crippen LogP contribution in [0.5, 0.6) is 0 Å². The Hall–Kier alpha value is -2.64. The molecular weight excluding hydrogens is 596 g/mol. The molecule has 45 heavy (non-hydrogen) atoms. The van der Waals surface area contributed by atoms with Crippen LogP contribution in [-0.2, 0) is 30.5 Å². The van der Waals surface area contributed by atoms with Crippen molar-refractivity contribution in [1.29, 1.82) is 0 Å². The van der Waals surface area contributed by atoms with Crippen LogP contribution in [-0.4, -0.2) is 100 Å². The summed E-state index contributed by atoms with van der Waals surface area (Å²) in [6.07, 6.45) is 9.32. The topological polar surface area (TPSA) is 163 Å². The number of likely N-dealkylation sites (N-methyl/N-ethyl adjacent to an activating group) is 1. The van der Waals surface area contributed by atoms with Crippen LogP contribution in [0.25, 0.3) is 0 Å². The minimum absolute atomic E-state index is 0.133. The third-order valence-corrected chi connectivity index (χ3v) is 10.2. The maximum absolute atomic E-state index is 14.3. The number of likely N-dealkylation sites (tertiary alicyclic amines) is 1. The summed E-state index contributed by atoms with van der Waals surface area (Å²) in [7, 11) is 1.73. The molecule has 0 aromatic rings. The predicted molar refractivity (Wildman–Crippen MR) is 176 cm³/mol. The van der Waals surface area contributed by atoms with Crippen molar-refractivity contribution < 1.29 is 28.5 Å². The van der Waals surface area contributed by atoms with E-state index in [1.54, 1.807) is 17.6 Å². The van der Waals surface area contributed by atoms with Crippen LogP contribution in [0.15, 0.2) is 12.7 Å². The molecule has 13 heteroatoms. The number of rotatable bonds is 15. The van der Waals surface area contributed by atoms with E-state index in [4.69, 9.17) is 0 Å². The molecule has 1 heterocycles. The molecule has 0 bridgehead atoms. The summed E-state index contributed by atoms with van der Waals surface area (Å²) >= 11 is -1.22. The molecule has 1 saturated carbocycles. The van der Waals surface area contributed by atoms with E-state index < -0.39 is 58.5 Å². The zero-order valence-electron chi connectivity index (χ0n) is 28.3. The summed E-state index contributed by atoms with van der Waals surface area (Å²) in [6.45, 7) is 14.2. The lowest BCUT2D eigenvalue weighted by molar-refractivity contribution is -0.144. The zero-order chi connectivity index (χ0) is 33.9. The van der Waals surface area contributed by atoms with E-state index in [0.717, 1.165) is 32.1 Å². The lowest BCUT2D eigenvalue weighted by Gasteiger charge is -2.43. The van der Waals surface area contributed by atoms with Crippen LogP contribution in [0, 0.1) is 10.8 Å². The van der Waals surface area contributed by atoms with Crippen molar-refractivity contribution in [2.75, 3.05) is 32.9 Å². The van der Waals surface area contributed by atoms with E-state index in [-0.39, 0.29) is 30.3 Å². The van der Waals surface area contributed by atoms with E-state index in [1.807, 2.05) is 34.6 Å². The van der Waals surface area contributed by atoms with Gasteiger partial charge in [-0.25, -0.2) is 4.79 Å². The molecule has 1 saturated heterocycles. The molecular formula is C32H56N6O6S. The molecule has 1 aliphatic carbocycles. The average molecular weight is 653 g/mol. The van der Waals surface area contributed by atoms with Crippen molar-refractivity contribution in [3.05, 3.63) is 12.7 Å². The summed E-state index contributed by atoms with van der Waals surface area (Å²) in [5.41, 5.74) is -0.869. The molecule has 256 valence electrons. The fourth-order valence-corrected chi connectivity index (χ4v) is 6.47. The van der Waals surface area contributed by atoms with Gasteiger partial charge in [0.1, 0.15) is 18.3 Å². The monoisotopic (exact) mass is 652 g/mol. The van der Waals surface area contributed by atoms with Gasteiger partial charge in [-0.3, -0.25) is 19.2 Å². The highest BCUT2D eigenvalue weighted by molar-refractivity contribution is 7.88. The van der Waals surface area contributed by atoms with Gasteiger partial charge < -0.3 is 30.7 Å². The Labute approximate surface area is 272 Å². The van der Waals surface area contributed by atoms with Crippen molar-refractivity contribution in [2.45, 2.75) is 117 Å². The molecule has 0 aromatic carbocycles. The molecule has 2 rings (SSSR count). The molecule has 5 atom stereocenters. The van der Waals surface area contributed by atoms with E-state index >= 15 is 0 Å². The van der Waals surface area contributed by atoms with E-state index in [0.29, 0.717) is 32.4 Å². The fraction of sp³-hybridized carbons (Fsp3) is 0.781. The number of nitrogens with one attached hydrogen (secondary N) is 4. The van der Waals surface area contributed by atoms with Gasteiger partial charge in [0.2, 0.25) is 17.6 Å². The molecule has 1 aliphatic heterocycles. The van der Waals surface area contributed by atoms with E-state index in [2.05, 4.69) is 27.8 Å². The Balaban J connectivity index is 2.28. The average Bonchev–Trinajstić information content (AvgIpc) is 3.47. The number of nitrogens with zero attached hydrogens (tertiary/aromatic N) is 2. The third kappa shape index (κ3) is 11.0. The van der Waals surface area contributed by atoms with Gasteiger partial charge in [0.05, 0.1) is 18.6 Å². The van der Waals surface area contributed by atoms with Gasteiger partial charge in [0.15, 0.2) is 0 Å². The van der Waals surface area contributed by atoms with Gasteiger partial charge in [-0.15, -0.1) is 10.9 Å². The summed E-state index contributed by atoms with van der Waals surface area (Å²) in [5, 5.41) is 11.2. The molecule has 2 aliphatic rings. The zero-order valence-corrected chi connectivity index (χ0v) is 29.1. The van der Waals surface area contributed by atoms with Crippen LogP contribution in [0.2, 0.25) is 0 Å². The molecule has 0 aromatic heterocycles. The second-order valence-electron chi connectivity index (χ2n) is 13.8. The van der Waals surface area contributed by atoms with Gasteiger partial charge in [-0.2, -0.15) is 0 Å². The quantitative estimate of drug-likeness (QED) is 0.120. The minimum Gasteiger partial charge on any atom is -0.598 e. The van der Waals surface area contributed by atoms with Crippen LogP contribution in [0.1, 0.15) is 92.4 Å². The van der Waals surface area contributed by atoms with Crippen molar-refractivity contribution in [2.24, 2.45) is 10.8 Å². The lowest BCUT2D eigenvalue weighted by atomic mass is 9.70. The van der Waals surface area contributed by atoms with Gasteiger partial charge in [0.25, 0.3) is 5.91 Å². The van der Waals surface area contributed by atoms with Gasteiger partial charge in [0, 0.05) is 31.5 Å². The SMILES string of the molecule is C=CCNC(=O)C(=O)C(CCC)NC(=O)[C@@H]1CCCN1C(=O)[C@@H](NC(=O)N[C@H](CN(C)[S+](C)[O-])C(C)(C)C)C1(C)CCCCC1. The number of carbonyl (C=O) groups excluding carboxylic acids is 5. The van der Waals surface area contributed by atoms with Gasteiger partial charge in [-0.1, -0.05) is 66.4 Å². The number of ketones is 1. The molecule has 2 fully saturated rings. The van der Waals surface area contributed by atoms with Crippen LogP contribution >= 0.6 is 0 Å². The summed E-state index contributed by atoms with van der Waals surface area (Å²) in [6, 6.07) is -3.55. The largest absolute Gasteiger partial charge is 0.598 e. The van der Waals surface area contributed by atoms with Crippen LogP contribution in [0.3, 0.4) is 0 Å². The number of amides is 5. The highest BCUT2D eigenvalue weighted by Gasteiger charge is 2.46. The molecule has 5 amide bonds. The third-order valence-electron chi connectivity index (χ3n) is 9.12. The summed E-state index contributed by atoms with van der Waals surface area (Å²) < 4.78 is 13.7. The fourth-order valence-electron chi connectivity index (χ4n) is 6.12. The van der Waals surface area contributed by atoms with Gasteiger partial charge in [-0.05, 0) is 42.9 Å². The number of Topliss-reactive ketones (excluding diaryl/α,β-unsaturated/α-hetero) is 1. The Morgan fingerprint density at radius 2 is 1.73 bits per heavy atom. The van der Waals surface area contributed by atoms with Crippen LogP contribution in [0.4, 0.5) is 4.79 Å². The van der Waals surface area contributed by atoms with Crippen molar-refractivity contribution in [3.8, 4) is 0 Å². The molecule has 2 unspecified atom stereocenters. The maximum atomic E-state index is 14.3. The van der Waals surface area contributed by atoms with Crippen LogP contribution < -0.4 is 21.3 Å². The second kappa shape index (κ2) is 17.3. The van der Waals surface area contributed by atoms with Crippen molar-refractivity contribution >= 4 is 40.9 Å². The molecule has 12 nitrogen and oxygen atoms in total. The number of hydrogen-bond acceptors (Lipinski definition) is 7. The highest BCUT2D eigenvalue weighted by Crippen LogP contribution is 2.40. The van der Waals surface area contributed by atoms with Gasteiger partial charge >= 0.3 is 6.03 Å². The highest BCUT2D eigenvalue weighted by atomic mass is 32.2. The predicted octanol–water partition coefficient (Wildman–Crippen LogP) is 2.41. The maximum Gasteiger partial charge on any atom is 0.315 e. The lowest BCUT2D eigenvalue weighted by Crippen LogP contribution is -2.63. The summed E-state index contributed by atoms with van der Waals surface area (Å²) in [5.74, 6) is -2.34. The van der Waals surface area contributed by atoms with E-state index in [9.17, 15) is 28.5 Å². The molecule has 0 radical (unpaired) electrons. The number of urea groups is 1. The molecule has 4 N–H and O–H groups in total. The standard InChI is InChI=1S/C32H56N6O6S/c1-9-15-22(25(39)28(41)33-19-10-2)34-27(40)23-16-14-20-38(23)29(42)26(32(6)17-12-11-13-18-32)36-30(43)35-24(31(3,4)5)21-37(7)45(8)44/h10,22-24,26H,2,9,11-21H2,1,3-8H3,(H,33,41)(H,34,40)(H2,35,36,43)/t22?,23-,24+,26+,45?/m0/s1. The van der Waals surface area contributed by atoms with Crippen molar-refractivity contribution in [1.82, 2.24) is 30.5 Å². The Kier molecular flexibility index (Phi) is 14.8. The molecule has 0 spiro atoms. The minimum atomic E-state index is -1.22.